The number of ether oxygens (including phenoxy) is 10. The number of ketones is 2. The molecule has 10 N–H and O–H groups in total. The van der Waals surface area contributed by atoms with Gasteiger partial charge in [-0.25, -0.2) is 0 Å². The molecule has 0 spiro atoms. The first-order valence-electron chi connectivity index (χ1n) is 28.9. The first-order valence-corrected chi connectivity index (χ1v) is 28.9. The fraction of sp³-hybridized carbons (Fsp3) is 0.649. The van der Waals surface area contributed by atoms with E-state index in [1.807, 2.05) is 0 Å². The lowest BCUT2D eigenvalue weighted by Gasteiger charge is -2.43. The number of morpholine rings is 1. The minimum absolute atomic E-state index is 0.0409. The monoisotopic (exact) mass is 1210 g/mol. The Labute approximate surface area is 496 Å². The number of rotatable bonds is 30. The van der Waals surface area contributed by atoms with Crippen LogP contribution in [0.25, 0.3) is 0 Å². The zero-order valence-electron chi connectivity index (χ0n) is 48.7. The van der Waals surface area contributed by atoms with E-state index >= 15 is 0 Å². The lowest BCUT2D eigenvalue weighted by molar-refractivity contribution is -0.256. The first-order chi connectivity index (χ1) is 41.2. The van der Waals surface area contributed by atoms with E-state index in [2.05, 4.69) is 31.1 Å². The summed E-state index contributed by atoms with van der Waals surface area (Å²) >= 11 is 0. The number of phenols is 2. The van der Waals surface area contributed by atoms with Crippen LogP contribution in [-0.2, 0) is 77.8 Å². The van der Waals surface area contributed by atoms with E-state index in [0.717, 1.165) is 19.6 Å². The van der Waals surface area contributed by atoms with Crippen LogP contribution in [0.15, 0.2) is 18.2 Å². The molecule has 10 atom stereocenters. The van der Waals surface area contributed by atoms with E-state index < -0.39 is 144 Å². The van der Waals surface area contributed by atoms with Gasteiger partial charge in [-0.3, -0.25) is 43.3 Å². The predicted molar refractivity (Wildman–Crippen MR) is 296 cm³/mol. The van der Waals surface area contributed by atoms with Gasteiger partial charge in [0.2, 0.25) is 29.4 Å². The van der Waals surface area contributed by atoms with E-state index in [9.17, 15) is 53.7 Å². The van der Waals surface area contributed by atoms with E-state index in [0.29, 0.717) is 59.0 Å². The molecule has 5 amide bonds. The number of hydrogen-bond acceptors (Lipinski definition) is 23. The lowest BCUT2D eigenvalue weighted by atomic mass is 9.72. The fourth-order valence-corrected chi connectivity index (χ4v) is 11.8. The number of amides is 5. The summed E-state index contributed by atoms with van der Waals surface area (Å²) in [6.45, 7) is 7.94. The van der Waals surface area contributed by atoms with E-state index in [4.69, 9.17) is 58.2 Å². The van der Waals surface area contributed by atoms with Crippen molar-refractivity contribution in [3.63, 3.8) is 0 Å². The van der Waals surface area contributed by atoms with Crippen LogP contribution < -0.4 is 31.7 Å². The molecule has 2 aromatic carbocycles. The summed E-state index contributed by atoms with van der Waals surface area (Å²) < 4.78 is 58.0. The minimum Gasteiger partial charge on any atom is -0.507 e. The van der Waals surface area contributed by atoms with Crippen LogP contribution in [0.4, 0.5) is 0 Å². The van der Waals surface area contributed by atoms with Crippen LogP contribution in [0, 0.1) is 5.92 Å². The number of carbonyl (C=O) groups is 8. The van der Waals surface area contributed by atoms with Gasteiger partial charge in [0.25, 0.3) is 5.91 Å². The van der Waals surface area contributed by atoms with Crippen molar-refractivity contribution in [2.45, 2.75) is 120 Å². The summed E-state index contributed by atoms with van der Waals surface area (Å²) in [7, 11) is 2.82. The maximum absolute atomic E-state index is 14.3. The topological polar surface area (TPSA) is 390 Å². The van der Waals surface area contributed by atoms with Gasteiger partial charge >= 0.3 is 5.97 Å². The van der Waals surface area contributed by atoms with Crippen molar-refractivity contribution < 1.29 is 106 Å². The molecule has 0 saturated carbocycles. The highest BCUT2D eigenvalue weighted by Gasteiger charge is 2.55. The van der Waals surface area contributed by atoms with Crippen molar-refractivity contribution in [3.05, 3.63) is 51.6 Å². The highest BCUT2D eigenvalue weighted by atomic mass is 16.7. The average molecular weight is 1210 g/mol. The molecule has 0 bridgehead atoms. The zero-order chi connectivity index (χ0) is 61.8. The smallest absolute Gasteiger partial charge is 0.306 e. The third-order valence-electron chi connectivity index (χ3n) is 16.2. The van der Waals surface area contributed by atoms with Crippen LogP contribution in [0.5, 0.6) is 17.2 Å². The number of likely N-dealkylation sites (tertiary alicyclic amines) is 1. The summed E-state index contributed by atoms with van der Waals surface area (Å²) in [5, 5.41) is 55.7. The number of carboxylic acids is 1. The number of aliphatic hydroxyl groups is 1. The molecule has 8 rings (SSSR count). The molecule has 474 valence electrons. The Kier molecular flexibility index (Phi) is 22.8. The molecule has 29 nitrogen and oxygen atoms in total. The van der Waals surface area contributed by atoms with Crippen LogP contribution in [0.1, 0.15) is 101 Å². The first kappa shape index (κ1) is 65.5. The molecular formula is C57H79N7O22. The van der Waals surface area contributed by atoms with Crippen molar-refractivity contribution in [2.24, 2.45) is 11.7 Å². The highest BCUT2D eigenvalue weighted by Crippen LogP contribution is 2.53. The Balaban J connectivity index is 0.795. The Morgan fingerprint density at radius 2 is 1.49 bits per heavy atom. The van der Waals surface area contributed by atoms with Gasteiger partial charge in [0.05, 0.1) is 108 Å². The zero-order valence-corrected chi connectivity index (χ0v) is 48.7. The van der Waals surface area contributed by atoms with Crippen LogP contribution in [0.3, 0.4) is 0 Å². The highest BCUT2D eigenvalue weighted by molar-refractivity contribution is 6.31. The average Bonchev–Trinajstić information content (AvgIpc) is 2.10. The number of methoxy groups -OCH3 is 2. The Morgan fingerprint density at radius 1 is 0.826 bits per heavy atom. The van der Waals surface area contributed by atoms with Gasteiger partial charge in [-0.05, 0) is 45.8 Å². The molecule has 6 aliphatic rings. The van der Waals surface area contributed by atoms with Gasteiger partial charge in [-0.15, -0.1) is 0 Å². The number of phenolic OH excluding ortho intramolecular Hbond substituents is 2. The van der Waals surface area contributed by atoms with Crippen molar-refractivity contribution in [2.75, 3.05) is 113 Å². The number of nitrogens with one attached hydrogen (secondary N) is 4. The molecule has 86 heavy (non-hydrogen) atoms. The SMILES string of the molecule is COc1cccc2c1C(=O)c1c(O)c3c(c(O)c1C2=O)C[C@@](O)(C(=O)NCCNC(=O)[C@H](C)NC(=O)C(CC(N)=O)NC(=O)CCOCCOCCOCCOCCN1CCC(C(=O)O)CC1)C[C@@H]3O[C@H]1C[C@H]2[C@H](O[C@@H]3[C@@H](OC)OCCN32)[C@H](C)O1. The molecular weight excluding hydrogens is 1130 g/mol. The Morgan fingerprint density at radius 3 is 2.15 bits per heavy atom. The van der Waals surface area contributed by atoms with Gasteiger partial charge < -0.3 is 99.7 Å². The number of nitrogens with two attached hydrogens (primary N) is 1. The minimum atomic E-state index is -2.41. The van der Waals surface area contributed by atoms with E-state index in [1.165, 1.54) is 39.3 Å². The van der Waals surface area contributed by atoms with Gasteiger partial charge in [-0.2, -0.15) is 0 Å². The third kappa shape index (κ3) is 15.4. The van der Waals surface area contributed by atoms with Crippen molar-refractivity contribution in [1.82, 2.24) is 31.1 Å². The van der Waals surface area contributed by atoms with Crippen LogP contribution in [0.2, 0.25) is 0 Å². The number of primary amides is 1. The lowest BCUT2D eigenvalue weighted by Crippen LogP contribution is -2.56. The van der Waals surface area contributed by atoms with Gasteiger partial charge in [-0.1, -0.05) is 12.1 Å². The molecule has 4 heterocycles. The van der Waals surface area contributed by atoms with E-state index in [-0.39, 0.29) is 85.7 Å². The second-order valence-corrected chi connectivity index (χ2v) is 21.9. The number of fused-ring (bicyclic) bond motifs is 6. The molecule has 1 unspecified atom stereocenters. The molecule has 0 aromatic heterocycles. The standard InChI is InChI=1S/C57H79N7O22/c1-30(61-52(72)35(26-39(58)65)62-40(66)10-17-79-20-22-81-24-25-82-23-21-80-18-15-63-13-8-32(9-14-63)54(73)74)51(71)59-11-12-60-56(75)57(76)28-34-43(49(70)45-44(47(34)68)46(67)33-6-5-7-37(77-3)42(33)48(45)69)38(29-57)85-41-27-36-50(31(2)84-41)86-53-55(78-4)83-19-16-64(36)53/h5-7,30-32,35-36,38,41,50,53,55,68,70,76H,8-29H2,1-4H3,(H2,58,65)(H,59,71)(H,60,75)(H,61,72)(H,62,66)(H,73,74)/t30-,31-,35?,36-,38-,41-,50+,53+,55-,57-/m0/s1. The summed E-state index contributed by atoms with van der Waals surface area (Å²) in [4.78, 5) is 109. The molecule has 0 radical (unpaired) electrons. The molecule has 2 aromatic rings. The fourth-order valence-electron chi connectivity index (χ4n) is 11.8. The number of aliphatic carboxylic acids is 1. The van der Waals surface area contributed by atoms with E-state index in [1.54, 1.807) is 6.92 Å². The third-order valence-corrected chi connectivity index (χ3v) is 16.2. The number of piperidine rings is 1. The molecule has 4 saturated heterocycles. The number of hydrogen-bond donors (Lipinski definition) is 9. The Bertz CT molecular complexity index is 2800. The Hall–Kier alpha value is -6.48. The second kappa shape index (κ2) is 29.9. The molecule has 29 heteroatoms. The normalized spacial score (nSPS) is 25.3. The number of carbonyl (C=O) groups excluding carboxylic acids is 7. The molecule has 2 aliphatic carbocycles. The largest absolute Gasteiger partial charge is 0.507 e. The van der Waals surface area contributed by atoms with Gasteiger partial charge in [0.1, 0.15) is 41.0 Å². The number of nitrogens with zero attached hydrogens (tertiary/aromatic N) is 2. The number of aromatic hydroxyl groups is 2. The van der Waals surface area contributed by atoms with Gasteiger partial charge in [0.15, 0.2) is 24.6 Å². The molecule has 4 fully saturated rings. The summed E-state index contributed by atoms with van der Waals surface area (Å²) in [6, 6.07) is 1.40. The van der Waals surface area contributed by atoms with Crippen molar-refractivity contribution in [3.8, 4) is 17.2 Å². The van der Waals surface area contributed by atoms with Crippen LogP contribution >= 0.6 is 0 Å². The summed E-state index contributed by atoms with van der Waals surface area (Å²) in [5.74, 6) is -8.19. The maximum Gasteiger partial charge on any atom is 0.306 e. The van der Waals surface area contributed by atoms with Crippen LogP contribution in [-0.4, -0.2) is 245 Å². The quantitative estimate of drug-likeness (QED) is 0.0271. The van der Waals surface area contributed by atoms with Crippen molar-refractivity contribution in [1.29, 1.82) is 0 Å². The maximum atomic E-state index is 14.3. The molecule has 4 aliphatic heterocycles. The van der Waals surface area contributed by atoms with Crippen molar-refractivity contribution >= 4 is 47.1 Å². The summed E-state index contributed by atoms with van der Waals surface area (Å²) in [5.41, 5.74) is 1.31. The number of carboxylic acid groups (broad SMARTS) is 1. The second-order valence-electron chi connectivity index (χ2n) is 21.9. The number of benzene rings is 2. The summed E-state index contributed by atoms with van der Waals surface area (Å²) in [6.07, 6.45) is -5.23. The van der Waals surface area contributed by atoms with Gasteiger partial charge in [0, 0.05) is 81.7 Å². The predicted octanol–water partition coefficient (Wildman–Crippen LogP) is -1.50.